The first kappa shape index (κ1) is 22.1. The number of nitrogens with one attached hydrogen (secondary N) is 1. The minimum absolute atomic E-state index is 0.351. The van der Waals surface area contributed by atoms with Crippen molar-refractivity contribution < 1.29 is 18.7 Å². The summed E-state index contributed by atoms with van der Waals surface area (Å²) in [7, 11) is 4.78. The molecular formula is C26H24FN3O3. The first-order valence-electron chi connectivity index (χ1n) is 10.4. The average Bonchev–Trinajstić information content (AvgIpc) is 3.15. The third kappa shape index (κ3) is 4.43. The summed E-state index contributed by atoms with van der Waals surface area (Å²) < 4.78 is 25.9. The fraction of sp³-hybridized carbons (Fsp3) is 0.154. The van der Waals surface area contributed by atoms with Crippen LogP contribution in [0, 0.1) is 5.82 Å². The maximum absolute atomic E-state index is 13.7. The Morgan fingerprint density at radius 3 is 2.36 bits per heavy atom. The van der Waals surface area contributed by atoms with Gasteiger partial charge in [0, 0.05) is 37.1 Å². The van der Waals surface area contributed by atoms with Crippen molar-refractivity contribution >= 4 is 11.8 Å². The largest absolute Gasteiger partial charge is 0.497 e. The van der Waals surface area contributed by atoms with Gasteiger partial charge >= 0.3 is 5.97 Å². The third-order valence-electron chi connectivity index (χ3n) is 5.47. The van der Waals surface area contributed by atoms with Crippen LogP contribution in [0.5, 0.6) is 5.75 Å². The van der Waals surface area contributed by atoms with Gasteiger partial charge in [0.1, 0.15) is 23.1 Å². The Morgan fingerprint density at radius 2 is 1.70 bits per heavy atom. The second kappa shape index (κ2) is 9.56. The summed E-state index contributed by atoms with van der Waals surface area (Å²) in [6.45, 7) is 0.497. The van der Waals surface area contributed by atoms with Crippen LogP contribution in [0.2, 0.25) is 0 Å². The number of nitrogens with zero attached hydrogens (tertiary/aromatic N) is 2. The van der Waals surface area contributed by atoms with E-state index in [4.69, 9.17) is 9.47 Å². The summed E-state index contributed by atoms with van der Waals surface area (Å²) in [6.07, 6.45) is 3.39. The number of rotatable bonds is 7. The number of methoxy groups -OCH3 is 2. The summed E-state index contributed by atoms with van der Waals surface area (Å²) in [4.78, 5) is 17.0. The number of hydrogen-bond acceptors (Lipinski definition) is 5. The summed E-state index contributed by atoms with van der Waals surface area (Å²) in [6, 6.07) is 17.6. The molecule has 2 heterocycles. The summed E-state index contributed by atoms with van der Waals surface area (Å²) in [5, 5.41) is 3.47. The van der Waals surface area contributed by atoms with E-state index in [1.165, 1.54) is 19.2 Å². The van der Waals surface area contributed by atoms with Crippen LogP contribution in [0.1, 0.15) is 16.1 Å². The molecule has 0 atom stereocenters. The molecule has 2 aromatic heterocycles. The zero-order valence-corrected chi connectivity index (χ0v) is 18.6. The van der Waals surface area contributed by atoms with Crippen LogP contribution in [-0.4, -0.2) is 29.7 Å². The highest BCUT2D eigenvalue weighted by Gasteiger charge is 2.28. The Balaban J connectivity index is 1.91. The van der Waals surface area contributed by atoms with Gasteiger partial charge in [-0.2, -0.15) is 0 Å². The number of benzene rings is 2. The molecule has 4 rings (SSSR count). The summed E-state index contributed by atoms with van der Waals surface area (Å²) in [5.74, 6) is 0.652. The molecule has 0 radical (unpaired) electrons. The van der Waals surface area contributed by atoms with E-state index in [2.05, 4.69) is 10.3 Å². The Kier molecular flexibility index (Phi) is 6.40. The van der Waals surface area contributed by atoms with E-state index >= 15 is 0 Å². The van der Waals surface area contributed by atoms with E-state index in [1.807, 2.05) is 36.4 Å². The molecule has 0 saturated heterocycles. The normalized spacial score (nSPS) is 10.7. The Bertz CT molecular complexity index is 1270. The van der Waals surface area contributed by atoms with Crippen LogP contribution in [0.4, 0.5) is 10.2 Å². The van der Waals surface area contributed by atoms with Crippen LogP contribution < -0.4 is 10.1 Å². The molecule has 0 fully saturated rings. The van der Waals surface area contributed by atoms with Crippen molar-refractivity contribution in [1.82, 2.24) is 9.55 Å². The molecule has 0 aliphatic carbocycles. The number of esters is 1. The van der Waals surface area contributed by atoms with Crippen LogP contribution in [0.25, 0.3) is 22.3 Å². The molecule has 7 heteroatoms. The Morgan fingerprint density at radius 1 is 1.00 bits per heavy atom. The Labute approximate surface area is 191 Å². The molecule has 0 aliphatic rings. The number of aromatic nitrogens is 2. The molecule has 0 saturated carbocycles. The SMILES string of the molecule is COC(=O)c1c(-c2ccc(F)cc2)c(-c2ccncc2)c(NCc2cccc(OC)c2)n1C. The van der Waals surface area contributed by atoms with E-state index in [9.17, 15) is 9.18 Å². The number of halogens is 1. The average molecular weight is 445 g/mol. The second-order valence-corrected chi connectivity index (χ2v) is 7.45. The smallest absolute Gasteiger partial charge is 0.355 e. The van der Waals surface area contributed by atoms with Gasteiger partial charge < -0.3 is 19.4 Å². The topological polar surface area (TPSA) is 65.4 Å². The molecule has 0 spiro atoms. The highest BCUT2D eigenvalue weighted by molar-refractivity contribution is 6.05. The van der Waals surface area contributed by atoms with Gasteiger partial charge in [0.25, 0.3) is 0 Å². The van der Waals surface area contributed by atoms with Gasteiger partial charge in [0.15, 0.2) is 0 Å². The lowest BCUT2D eigenvalue weighted by atomic mass is 9.96. The minimum Gasteiger partial charge on any atom is -0.497 e. The lowest BCUT2D eigenvalue weighted by molar-refractivity contribution is 0.0591. The van der Waals surface area contributed by atoms with Crippen LogP contribution >= 0.6 is 0 Å². The van der Waals surface area contributed by atoms with Crippen LogP contribution in [0.15, 0.2) is 73.1 Å². The number of ether oxygens (including phenoxy) is 2. The first-order chi connectivity index (χ1) is 16.0. The van der Waals surface area contributed by atoms with Gasteiger partial charge in [-0.05, 0) is 53.1 Å². The van der Waals surface area contributed by atoms with E-state index in [-0.39, 0.29) is 5.82 Å². The fourth-order valence-electron chi connectivity index (χ4n) is 3.89. The molecular weight excluding hydrogens is 421 g/mol. The van der Waals surface area contributed by atoms with Crippen molar-refractivity contribution in [2.75, 3.05) is 19.5 Å². The van der Waals surface area contributed by atoms with Gasteiger partial charge in [0.2, 0.25) is 0 Å². The molecule has 0 aliphatic heterocycles. The third-order valence-corrected chi connectivity index (χ3v) is 5.47. The highest BCUT2D eigenvalue weighted by atomic mass is 19.1. The predicted molar refractivity (Wildman–Crippen MR) is 126 cm³/mol. The zero-order valence-electron chi connectivity index (χ0n) is 18.6. The van der Waals surface area contributed by atoms with Gasteiger partial charge in [-0.3, -0.25) is 4.98 Å². The lowest BCUT2D eigenvalue weighted by Gasteiger charge is -2.13. The molecule has 6 nitrogen and oxygen atoms in total. The van der Waals surface area contributed by atoms with Crippen molar-refractivity contribution in [2.24, 2.45) is 7.05 Å². The predicted octanol–water partition coefficient (Wildman–Crippen LogP) is 5.30. The summed E-state index contributed by atoms with van der Waals surface area (Å²) in [5.41, 5.74) is 4.40. The van der Waals surface area contributed by atoms with E-state index in [1.54, 1.807) is 43.3 Å². The molecule has 0 amide bonds. The van der Waals surface area contributed by atoms with Crippen molar-refractivity contribution in [1.29, 1.82) is 0 Å². The number of carbonyl (C=O) groups is 1. The van der Waals surface area contributed by atoms with Gasteiger partial charge in [-0.25, -0.2) is 9.18 Å². The van der Waals surface area contributed by atoms with Gasteiger partial charge in [-0.1, -0.05) is 24.3 Å². The molecule has 168 valence electrons. The summed E-state index contributed by atoms with van der Waals surface area (Å²) >= 11 is 0. The molecule has 2 aromatic carbocycles. The van der Waals surface area contributed by atoms with E-state index in [0.29, 0.717) is 23.4 Å². The molecule has 0 bridgehead atoms. The first-order valence-corrected chi connectivity index (χ1v) is 10.4. The molecule has 4 aromatic rings. The van der Waals surface area contributed by atoms with Gasteiger partial charge in [0.05, 0.1) is 14.2 Å². The number of hydrogen-bond donors (Lipinski definition) is 1. The number of carbonyl (C=O) groups excluding carboxylic acids is 1. The standard InChI is InChI=1S/C26H24FN3O3/c1-30-24(26(31)33-3)22(18-7-9-20(27)10-8-18)23(19-11-13-28-14-12-19)25(30)29-16-17-5-4-6-21(15-17)32-2/h4-15,29H,16H2,1-3H3. The fourth-order valence-corrected chi connectivity index (χ4v) is 3.89. The molecule has 0 unspecified atom stereocenters. The van der Waals surface area contributed by atoms with Crippen LogP contribution in [-0.2, 0) is 18.3 Å². The number of anilines is 1. The van der Waals surface area contributed by atoms with E-state index < -0.39 is 5.97 Å². The quantitative estimate of drug-likeness (QED) is 0.391. The lowest BCUT2D eigenvalue weighted by Crippen LogP contribution is -2.11. The maximum atomic E-state index is 13.7. The monoisotopic (exact) mass is 445 g/mol. The Hall–Kier alpha value is -4.13. The molecule has 1 N–H and O–H groups in total. The van der Waals surface area contributed by atoms with Crippen LogP contribution in [0.3, 0.4) is 0 Å². The number of pyridine rings is 1. The highest BCUT2D eigenvalue weighted by Crippen LogP contribution is 2.43. The molecule has 33 heavy (non-hydrogen) atoms. The second-order valence-electron chi connectivity index (χ2n) is 7.45. The zero-order chi connectivity index (χ0) is 23.4. The van der Waals surface area contributed by atoms with Crippen molar-refractivity contribution in [3.05, 3.63) is 90.1 Å². The van der Waals surface area contributed by atoms with Crippen molar-refractivity contribution in [3.8, 4) is 28.0 Å². The van der Waals surface area contributed by atoms with Gasteiger partial charge in [-0.15, -0.1) is 0 Å². The maximum Gasteiger partial charge on any atom is 0.355 e. The van der Waals surface area contributed by atoms with E-state index in [0.717, 1.165) is 28.3 Å². The minimum atomic E-state index is -0.485. The van der Waals surface area contributed by atoms with Crippen molar-refractivity contribution in [3.63, 3.8) is 0 Å². The van der Waals surface area contributed by atoms with Crippen molar-refractivity contribution in [2.45, 2.75) is 6.54 Å².